The van der Waals surface area contributed by atoms with Gasteiger partial charge < -0.3 is 4.74 Å². The fraction of sp³-hybridized carbons (Fsp3) is 0.714. The first-order valence-electron chi connectivity index (χ1n) is 3.79. The van der Waals surface area contributed by atoms with Gasteiger partial charge in [0.15, 0.2) is 0 Å². The van der Waals surface area contributed by atoms with E-state index in [0.29, 0.717) is 19.6 Å². The molecule has 0 aromatic heterocycles. The van der Waals surface area contributed by atoms with Crippen LogP contribution in [0, 0.1) is 0 Å². The fourth-order valence-corrected chi connectivity index (χ4v) is 1.57. The predicted octanol–water partition coefficient (Wildman–Crippen LogP) is 0.611. The van der Waals surface area contributed by atoms with Gasteiger partial charge in [0, 0.05) is 0 Å². The summed E-state index contributed by atoms with van der Waals surface area (Å²) in [7, 11) is -3.81. The minimum Gasteiger partial charge on any atom is -0.377 e. The summed E-state index contributed by atoms with van der Waals surface area (Å²) in [6.07, 6.45) is 3.06. The summed E-state index contributed by atoms with van der Waals surface area (Å²) in [5.74, 6) is -0.182. The fourth-order valence-electron chi connectivity index (χ4n) is 1.05. The van der Waals surface area contributed by atoms with Gasteiger partial charge in [0.05, 0.1) is 19.0 Å². The topological polar surface area (TPSA) is 63.6 Å². The average Bonchev–Trinajstić information content (AvgIpc) is 2.02. The van der Waals surface area contributed by atoms with Crippen LogP contribution in [0.1, 0.15) is 12.8 Å². The van der Waals surface area contributed by atoms with Crippen LogP contribution in [0.2, 0.25) is 0 Å². The first-order valence-corrected chi connectivity index (χ1v) is 5.40. The van der Waals surface area contributed by atoms with Gasteiger partial charge in [0.2, 0.25) is 0 Å². The van der Waals surface area contributed by atoms with E-state index in [9.17, 15) is 8.42 Å². The second kappa shape index (κ2) is 4.02. The van der Waals surface area contributed by atoms with Crippen LogP contribution >= 0.6 is 0 Å². The number of rotatable bonds is 3. The Hall–Kier alpha value is -0.390. The van der Waals surface area contributed by atoms with Crippen LogP contribution in [0.15, 0.2) is 11.6 Å². The third-order valence-corrected chi connectivity index (χ3v) is 2.46. The van der Waals surface area contributed by atoms with Crippen LogP contribution in [-0.4, -0.2) is 31.9 Å². The average molecular weight is 192 g/mol. The van der Waals surface area contributed by atoms with Crippen LogP contribution in [0.5, 0.6) is 0 Å². The van der Waals surface area contributed by atoms with Gasteiger partial charge in [-0.05, 0) is 12.8 Å². The minimum absolute atomic E-state index is 0.182. The lowest BCUT2D eigenvalue weighted by Gasteiger charge is -2.12. The number of hydrogen-bond acceptors (Lipinski definition) is 3. The molecule has 0 aromatic carbocycles. The van der Waals surface area contributed by atoms with Gasteiger partial charge in [-0.25, -0.2) is 0 Å². The first-order chi connectivity index (χ1) is 5.58. The van der Waals surface area contributed by atoms with Gasteiger partial charge in [-0.3, -0.25) is 4.55 Å². The molecule has 1 aliphatic heterocycles. The highest BCUT2D eigenvalue weighted by Crippen LogP contribution is 2.12. The van der Waals surface area contributed by atoms with E-state index in [1.165, 1.54) is 0 Å². The van der Waals surface area contributed by atoms with E-state index in [2.05, 4.69) is 0 Å². The first kappa shape index (κ1) is 9.70. The van der Waals surface area contributed by atoms with E-state index in [1.54, 1.807) is 0 Å². The van der Waals surface area contributed by atoms with Crippen molar-refractivity contribution in [2.75, 3.05) is 19.0 Å². The molecule has 0 saturated heterocycles. The molecule has 0 saturated carbocycles. The monoisotopic (exact) mass is 192 g/mol. The Bertz CT molecular complexity index is 265. The molecular weight excluding hydrogens is 180 g/mol. The lowest BCUT2D eigenvalue weighted by Crippen LogP contribution is -2.09. The van der Waals surface area contributed by atoms with E-state index in [-0.39, 0.29) is 5.75 Å². The minimum atomic E-state index is -3.81. The van der Waals surface area contributed by atoms with Crippen molar-refractivity contribution in [2.24, 2.45) is 0 Å². The summed E-state index contributed by atoms with van der Waals surface area (Å²) in [6, 6.07) is 0. The molecule has 0 radical (unpaired) electrons. The zero-order valence-electron chi connectivity index (χ0n) is 6.69. The Labute approximate surface area is 72.0 Å². The predicted molar refractivity (Wildman–Crippen MR) is 44.6 cm³/mol. The van der Waals surface area contributed by atoms with Gasteiger partial charge in [-0.1, -0.05) is 11.6 Å². The zero-order chi connectivity index (χ0) is 9.03. The molecule has 4 nitrogen and oxygen atoms in total. The van der Waals surface area contributed by atoms with E-state index >= 15 is 0 Å². The molecule has 1 N–H and O–H groups in total. The third-order valence-electron chi connectivity index (χ3n) is 1.74. The lowest BCUT2D eigenvalue weighted by molar-refractivity contribution is 0.153. The van der Waals surface area contributed by atoms with E-state index in [4.69, 9.17) is 9.29 Å². The SMILES string of the molecule is O=S(=O)(O)CCC1=CCOCC1. The van der Waals surface area contributed by atoms with Crippen molar-refractivity contribution in [3.05, 3.63) is 11.6 Å². The van der Waals surface area contributed by atoms with Gasteiger partial charge in [-0.15, -0.1) is 0 Å². The van der Waals surface area contributed by atoms with Crippen LogP contribution < -0.4 is 0 Å². The second-order valence-corrected chi connectivity index (χ2v) is 4.30. The molecule has 70 valence electrons. The molecule has 0 atom stereocenters. The molecule has 0 bridgehead atoms. The maximum atomic E-state index is 10.4. The van der Waals surface area contributed by atoms with Crippen molar-refractivity contribution in [3.8, 4) is 0 Å². The molecule has 0 aromatic rings. The highest BCUT2D eigenvalue weighted by atomic mass is 32.2. The summed E-state index contributed by atoms with van der Waals surface area (Å²) < 4.78 is 34.2. The summed E-state index contributed by atoms with van der Waals surface area (Å²) in [5.41, 5.74) is 1.05. The molecule has 0 aliphatic carbocycles. The van der Waals surface area contributed by atoms with Crippen molar-refractivity contribution >= 4 is 10.1 Å². The van der Waals surface area contributed by atoms with Gasteiger partial charge >= 0.3 is 0 Å². The highest BCUT2D eigenvalue weighted by molar-refractivity contribution is 7.85. The second-order valence-electron chi connectivity index (χ2n) is 2.72. The molecule has 1 heterocycles. The van der Waals surface area contributed by atoms with Crippen LogP contribution in [0.4, 0.5) is 0 Å². The van der Waals surface area contributed by atoms with Crippen LogP contribution in [0.25, 0.3) is 0 Å². The Morgan fingerprint density at radius 1 is 1.58 bits per heavy atom. The summed E-state index contributed by atoms with van der Waals surface area (Å²) in [4.78, 5) is 0. The zero-order valence-corrected chi connectivity index (χ0v) is 7.51. The maximum Gasteiger partial charge on any atom is 0.265 e. The molecule has 0 amide bonds. The van der Waals surface area contributed by atoms with Crippen molar-refractivity contribution in [1.29, 1.82) is 0 Å². The maximum absolute atomic E-state index is 10.4. The molecular formula is C7H12O4S. The Kier molecular flexibility index (Phi) is 3.25. The molecule has 1 aliphatic rings. The summed E-state index contributed by atoms with van der Waals surface area (Å²) in [5, 5.41) is 0. The number of hydrogen-bond donors (Lipinski definition) is 1. The molecule has 12 heavy (non-hydrogen) atoms. The lowest BCUT2D eigenvalue weighted by atomic mass is 10.1. The molecule has 0 spiro atoms. The van der Waals surface area contributed by atoms with Gasteiger partial charge in [-0.2, -0.15) is 8.42 Å². The number of ether oxygens (including phenoxy) is 1. The summed E-state index contributed by atoms with van der Waals surface area (Å²) in [6.45, 7) is 1.21. The largest absolute Gasteiger partial charge is 0.377 e. The van der Waals surface area contributed by atoms with E-state index in [0.717, 1.165) is 12.0 Å². The van der Waals surface area contributed by atoms with E-state index < -0.39 is 10.1 Å². The Morgan fingerprint density at radius 2 is 2.33 bits per heavy atom. The smallest absolute Gasteiger partial charge is 0.265 e. The molecule has 5 heteroatoms. The molecule has 0 fully saturated rings. The third kappa shape index (κ3) is 3.85. The van der Waals surface area contributed by atoms with Crippen molar-refractivity contribution < 1.29 is 17.7 Å². The van der Waals surface area contributed by atoms with Gasteiger partial charge in [0.1, 0.15) is 0 Å². The quantitative estimate of drug-likeness (QED) is 0.525. The van der Waals surface area contributed by atoms with E-state index in [1.807, 2.05) is 6.08 Å². The Morgan fingerprint density at radius 3 is 2.83 bits per heavy atom. The Balaban J connectivity index is 2.36. The van der Waals surface area contributed by atoms with Crippen molar-refractivity contribution in [3.63, 3.8) is 0 Å². The highest BCUT2D eigenvalue weighted by Gasteiger charge is 2.08. The molecule has 0 unspecified atom stereocenters. The standard InChI is InChI=1S/C7H12O4S/c8-12(9,10)6-3-7-1-4-11-5-2-7/h1H,2-6H2,(H,8,9,10). The van der Waals surface area contributed by atoms with Crippen LogP contribution in [-0.2, 0) is 14.9 Å². The normalized spacial score (nSPS) is 18.9. The van der Waals surface area contributed by atoms with Crippen LogP contribution in [0.3, 0.4) is 0 Å². The van der Waals surface area contributed by atoms with Crippen molar-refractivity contribution in [1.82, 2.24) is 0 Å². The summed E-state index contributed by atoms with van der Waals surface area (Å²) >= 11 is 0. The molecule has 1 rings (SSSR count). The van der Waals surface area contributed by atoms with Gasteiger partial charge in [0.25, 0.3) is 10.1 Å². The van der Waals surface area contributed by atoms with Crippen molar-refractivity contribution in [2.45, 2.75) is 12.8 Å².